The standard InChI is InChI=1S/C22H22N6/c23-22-26-20(24-13-18-11-16-6-3-4-8-19(16)25-18)12-21(27-22)28-10-9-15-5-1-2-7-17(15)14-28/h1-8,12H,9-11,13-14H2,(H3,23,24,26,27). The molecular formula is C22H22N6. The van der Waals surface area contributed by atoms with Crippen molar-refractivity contribution in [3.05, 3.63) is 71.3 Å². The number of nitrogens with one attached hydrogen (secondary N) is 1. The maximum atomic E-state index is 5.99. The van der Waals surface area contributed by atoms with E-state index in [9.17, 15) is 0 Å². The van der Waals surface area contributed by atoms with E-state index in [1.165, 1.54) is 16.7 Å². The number of nitrogens with zero attached hydrogens (tertiary/aromatic N) is 4. The van der Waals surface area contributed by atoms with Gasteiger partial charge in [0.2, 0.25) is 5.95 Å². The Morgan fingerprint density at radius 2 is 1.75 bits per heavy atom. The summed E-state index contributed by atoms with van der Waals surface area (Å²) in [5.41, 5.74) is 12.2. The van der Waals surface area contributed by atoms with Crippen LogP contribution in [0.1, 0.15) is 16.7 Å². The Bertz CT molecular complexity index is 1060. The SMILES string of the molecule is Nc1nc(NCC2=Nc3ccccc3C2)cc(N2CCc3ccccc3C2)n1. The summed E-state index contributed by atoms with van der Waals surface area (Å²) in [7, 11) is 0. The zero-order valence-electron chi connectivity index (χ0n) is 15.6. The van der Waals surface area contributed by atoms with Crippen LogP contribution in [0.15, 0.2) is 59.6 Å². The lowest BCUT2D eigenvalue weighted by Crippen LogP contribution is -2.31. The monoisotopic (exact) mass is 370 g/mol. The zero-order valence-corrected chi connectivity index (χ0v) is 15.6. The van der Waals surface area contributed by atoms with E-state index in [1.54, 1.807) is 0 Å². The van der Waals surface area contributed by atoms with Crippen molar-refractivity contribution in [3.63, 3.8) is 0 Å². The molecule has 0 saturated heterocycles. The topological polar surface area (TPSA) is 79.4 Å². The number of benzene rings is 2. The van der Waals surface area contributed by atoms with Gasteiger partial charge in [-0.25, -0.2) is 0 Å². The van der Waals surface area contributed by atoms with E-state index in [-0.39, 0.29) is 5.95 Å². The molecule has 2 aliphatic heterocycles. The second-order valence-corrected chi connectivity index (χ2v) is 7.25. The second kappa shape index (κ2) is 6.96. The highest BCUT2D eigenvalue weighted by Crippen LogP contribution is 2.27. The van der Waals surface area contributed by atoms with Crippen LogP contribution in [0.5, 0.6) is 0 Å². The molecule has 3 N–H and O–H groups in total. The van der Waals surface area contributed by atoms with Crippen molar-refractivity contribution in [1.29, 1.82) is 0 Å². The Kier molecular flexibility index (Phi) is 4.16. The zero-order chi connectivity index (χ0) is 18.9. The molecule has 6 nitrogen and oxygen atoms in total. The molecule has 0 bridgehead atoms. The van der Waals surface area contributed by atoms with Gasteiger partial charge in [-0.2, -0.15) is 9.97 Å². The van der Waals surface area contributed by atoms with Crippen molar-refractivity contribution < 1.29 is 0 Å². The first-order chi connectivity index (χ1) is 13.7. The minimum absolute atomic E-state index is 0.288. The summed E-state index contributed by atoms with van der Waals surface area (Å²) in [5.74, 6) is 1.89. The number of anilines is 3. The molecule has 0 fully saturated rings. The third-order valence-corrected chi connectivity index (χ3v) is 5.32. The summed E-state index contributed by atoms with van der Waals surface area (Å²) in [5, 5.41) is 3.37. The number of para-hydroxylation sites is 1. The number of aliphatic imine (C=N–C) groups is 1. The van der Waals surface area contributed by atoms with Gasteiger partial charge in [0.15, 0.2) is 0 Å². The van der Waals surface area contributed by atoms with Crippen LogP contribution in [0.25, 0.3) is 0 Å². The number of rotatable bonds is 4. The molecule has 140 valence electrons. The summed E-state index contributed by atoms with van der Waals surface area (Å²) in [6.45, 7) is 2.41. The molecule has 2 aromatic carbocycles. The van der Waals surface area contributed by atoms with Crippen molar-refractivity contribution in [2.45, 2.75) is 19.4 Å². The third kappa shape index (κ3) is 3.29. The molecule has 0 amide bonds. The summed E-state index contributed by atoms with van der Waals surface area (Å²) in [6.07, 6.45) is 1.89. The fourth-order valence-electron chi connectivity index (χ4n) is 3.89. The molecule has 3 aromatic rings. The summed E-state index contributed by atoms with van der Waals surface area (Å²) < 4.78 is 0. The number of nitrogen functional groups attached to an aromatic ring is 1. The highest BCUT2D eigenvalue weighted by molar-refractivity contribution is 5.96. The van der Waals surface area contributed by atoms with Gasteiger partial charge in [0.1, 0.15) is 11.6 Å². The predicted octanol–water partition coefficient (Wildman–Crippen LogP) is 3.36. The minimum Gasteiger partial charge on any atom is -0.368 e. The first-order valence-corrected chi connectivity index (χ1v) is 9.59. The summed E-state index contributed by atoms with van der Waals surface area (Å²) in [4.78, 5) is 15.8. The van der Waals surface area contributed by atoms with Gasteiger partial charge in [0.25, 0.3) is 0 Å². The first kappa shape index (κ1) is 16.7. The smallest absolute Gasteiger partial charge is 0.223 e. The number of hydrogen-bond acceptors (Lipinski definition) is 6. The molecule has 6 heteroatoms. The van der Waals surface area contributed by atoms with Crippen LogP contribution < -0.4 is 16.0 Å². The minimum atomic E-state index is 0.288. The number of nitrogens with two attached hydrogens (primary N) is 1. The molecule has 1 aromatic heterocycles. The Balaban J connectivity index is 1.30. The first-order valence-electron chi connectivity index (χ1n) is 9.59. The number of hydrogen-bond donors (Lipinski definition) is 2. The van der Waals surface area contributed by atoms with Crippen LogP contribution in [-0.2, 0) is 19.4 Å². The highest BCUT2D eigenvalue weighted by atomic mass is 15.2. The number of fused-ring (bicyclic) bond motifs is 2. The Hall–Kier alpha value is -3.41. The van der Waals surface area contributed by atoms with E-state index in [0.717, 1.165) is 49.0 Å². The molecule has 0 saturated carbocycles. The van der Waals surface area contributed by atoms with Crippen molar-refractivity contribution in [2.75, 3.05) is 29.0 Å². The average molecular weight is 370 g/mol. The van der Waals surface area contributed by atoms with Gasteiger partial charge in [-0.1, -0.05) is 42.5 Å². The van der Waals surface area contributed by atoms with Gasteiger partial charge in [-0.3, -0.25) is 4.99 Å². The average Bonchev–Trinajstić information content (AvgIpc) is 3.14. The van der Waals surface area contributed by atoms with Gasteiger partial charge in [0, 0.05) is 31.3 Å². The van der Waals surface area contributed by atoms with Gasteiger partial charge in [0.05, 0.1) is 12.2 Å². The lowest BCUT2D eigenvalue weighted by Gasteiger charge is -2.30. The molecule has 5 rings (SSSR count). The molecule has 28 heavy (non-hydrogen) atoms. The molecule has 0 unspecified atom stereocenters. The fourth-order valence-corrected chi connectivity index (χ4v) is 3.89. The van der Waals surface area contributed by atoms with Crippen molar-refractivity contribution >= 4 is 29.0 Å². The second-order valence-electron chi connectivity index (χ2n) is 7.25. The van der Waals surface area contributed by atoms with Crippen LogP contribution >= 0.6 is 0 Å². The van der Waals surface area contributed by atoms with Crippen LogP contribution in [0, 0.1) is 0 Å². The van der Waals surface area contributed by atoms with Gasteiger partial charge in [-0.05, 0) is 29.2 Å². The van der Waals surface area contributed by atoms with Crippen LogP contribution in [0.3, 0.4) is 0 Å². The van der Waals surface area contributed by atoms with E-state index in [1.807, 2.05) is 12.1 Å². The normalized spacial score (nSPS) is 15.0. The molecule has 0 atom stereocenters. The molecular weight excluding hydrogens is 348 g/mol. The molecule has 0 spiro atoms. The Labute approximate surface area is 164 Å². The molecule has 0 aliphatic carbocycles. The molecule has 3 heterocycles. The molecule has 0 radical (unpaired) electrons. The van der Waals surface area contributed by atoms with E-state index < -0.39 is 0 Å². The third-order valence-electron chi connectivity index (χ3n) is 5.32. The lowest BCUT2D eigenvalue weighted by molar-refractivity contribution is 0.720. The van der Waals surface area contributed by atoms with Crippen LogP contribution in [0.4, 0.5) is 23.3 Å². The van der Waals surface area contributed by atoms with Crippen molar-refractivity contribution in [3.8, 4) is 0 Å². The van der Waals surface area contributed by atoms with Gasteiger partial charge < -0.3 is 16.0 Å². The maximum absolute atomic E-state index is 5.99. The largest absolute Gasteiger partial charge is 0.368 e. The van der Waals surface area contributed by atoms with E-state index in [4.69, 9.17) is 10.7 Å². The maximum Gasteiger partial charge on any atom is 0.223 e. The summed E-state index contributed by atoms with van der Waals surface area (Å²) in [6, 6.07) is 18.8. The quantitative estimate of drug-likeness (QED) is 0.736. The van der Waals surface area contributed by atoms with Gasteiger partial charge in [-0.15, -0.1) is 0 Å². The fraction of sp³-hybridized carbons (Fsp3) is 0.227. The Morgan fingerprint density at radius 3 is 2.61 bits per heavy atom. The predicted molar refractivity (Wildman–Crippen MR) is 113 cm³/mol. The Morgan fingerprint density at radius 1 is 0.964 bits per heavy atom. The van der Waals surface area contributed by atoms with E-state index in [0.29, 0.717) is 6.54 Å². The number of aromatic nitrogens is 2. The lowest BCUT2D eigenvalue weighted by atomic mass is 10.00. The van der Waals surface area contributed by atoms with Crippen molar-refractivity contribution in [2.24, 2.45) is 4.99 Å². The van der Waals surface area contributed by atoms with Crippen LogP contribution in [0.2, 0.25) is 0 Å². The highest BCUT2D eigenvalue weighted by Gasteiger charge is 2.19. The van der Waals surface area contributed by atoms with Crippen molar-refractivity contribution in [1.82, 2.24) is 9.97 Å². The van der Waals surface area contributed by atoms with E-state index >= 15 is 0 Å². The van der Waals surface area contributed by atoms with Gasteiger partial charge >= 0.3 is 0 Å². The molecule has 2 aliphatic rings. The summed E-state index contributed by atoms with van der Waals surface area (Å²) >= 11 is 0. The van der Waals surface area contributed by atoms with E-state index in [2.05, 4.69) is 62.6 Å². The van der Waals surface area contributed by atoms with Crippen LogP contribution in [-0.4, -0.2) is 28.8 Å².